The van der Waals surface area contributed by atoms with E-state index >= 15 is 0 Å². The van der Waals surface area contributed by atoms with Crippen molar-refractivity contribution in [2.24, 2.45) is 0 Å². The molecule has 0 fully saturated rings. The molecule has 4 heteroatoms. The molecule has 0 amide bonds. The predicted molar refractivity (Wildman–Crippen MR) is 83.8 cm³/mol. The lowest BCUT2D eigenvalue weighted by molar-refractivity contribution is 0.0982. The molecule has 3 nitrogen and oxygen atoms in total. The van der Waals surface area contributed by atoms with Crippen LogP contribution in [0.5, 0.6) is 5.75 Å². The van der Waals surface area contributed by atoms with E-state index in [2.05, 4.69) is 13.2 Å². The Labute approximate surface area is 121 Å². The van der Waals surface area contributed by atoms with Crippen molar-refractivity contribution in [2.45, 2.75) is 12.8 Å². The zero-order valence-electron chi connectivity index (χ0n) is 11.3. The zero-order chi connectivity index (χ0) is 14.7. The van der Waals surface area contributed by atoms with Gasteiger partial charge in [0.2, 0.25) is 0 Å². The molecule has 1 aromatic heterocycles. The molecule has 104 valence electrons. The van der Waals surface area contributed by atoms with E-state index in [4.69, 9.17) is 9.84 Å². The van der Waals surface area contributed by atoms with Crippen LogP contribution in [0.4, 0.5) is 0 Å². The Kier molecular flexibility index (Phi) is 4.25. The molecule has 0 atom stereocenters. The fourth-order valence-electron chi connectivity index (χ4n) is 1.94. The van der Waals surface area contributed by atoms with Gasteiger partial charge < -0.3 is 9.84 Å². The summed E-state index contributed by atoms with van der Waals surface area (Å²) < 4.78 is 6.30. The minimum absolute atomic E-state index is 0.0144. The SMILES string of the molecule is C=Cc1cc2cc(C(=O)CCC(=C)O)sc2cc1OC. The minimum Gasteiger partial charge on any atom is -0.513 e. The molecule has 0 saturated carbocycles. The van der Waals surface area contributed by atoms with Crippen molar-refractivity contribution < 1.29 is 14.6 Å². The number of methoxy groups -OCH3 is 1. The minimum atomic E-state index is 0.0144. The van der Waals surface area contributed by atoms with Gasteiger partial charge in [-0.05, 0) is 23.6 Å². The van der Waals surface area contributed by atoms with E-state index in [9.17, 15) is 4.79 Å². The van der Waals surface area contributed by atoms with Crippen LogP contribution in [0.3, 0.4) is 0 Å². The first-order valence-electron chi connectivity index (χ1n) is 6.19. The lowest BCUT2D eigenvalue weighted by Crippen LogP contribution is -1.96. The van der Waals surface area contributed by atoms with E-state index in [-0.39, 0.29) is 18.0 Å². The fourth-order valence-corrected chi connectivity index (χ4v) is 2.98. The normalized spacial score (nSPS) is 10.4. The topological polar surface area (TPSA) is 46.5 Å². The maximum atomic E-state index is 12.0. The number of carbonyl (C=O) groups is 1. The van der Waals surface area contributed by atoms with Crippen molar-refractivity contribution in [1.82, 2.24) is 0 Å². The molecule has 0 radical (unpaired) electrons. The highest BCUT2D eigenvalue weighted by molar-refractivity contribution is 7.20. The number of aliphatic hydroxyl groups excluding tert-OH is 1. The van der Waals surface area contributed by atoms with Gasteiger partial charge in [-0.1, -0.05) is 19.2 Å². The number of rotatable bonds is 6. The van der Waals surface area contributed by atoms with Crippen molar-refractivity contribution in [3.8, 4) is 5.75 Å². The van der Waals surface area contributed by atoms with E-state index in [1.54, 1.807) is 13.2 Å². The third-order valence-electron chi connectivity index (χ3n) is 3.00. The van der Waals surface area contributed by atoms with Crippen molar-refractivity contribution in [3.63, 3.8) is 0 Å². The average Bonchev–Trinajstić information content (AvgIpc) is 2.85. The smallest absolute Gasteiger partial charge is 0.173 e. The first kappa shape index (κ1) is 14.3. The van der Waals surface area contributed by atoms with Crippen LogP contribution >= 0.6 is 11.3 Å². The van der Waals surface area contributed by atoms with Gasteiger partial charge in [-0.2, -0.15) is 0 Å². The van der Waals surface area contributed by atoms with E-state index in [0.29, 0.717) is 11.3 Å². The second-order valence-corrected chi connectivity index (χ2v) is 5.52. The predicted octanol–water partition coefficient (Wildman–Crippen LogP) is 4.59. The molecular weight excluding hydrogens is 272 g/mol. The Morgan fingerprint density at radius 1 is 1.40 bits per heavy atom. The number of ketones is 1. The maximum Gasteiger partial charge on any atom is 0.173 e. The van der Waals surface area contributed by atoms with Crippen molar-refractivity contribution in [2.75, 3.05) is 7.11 Å². The summed E-state index contributed by atoms with van der Waals surface area (Å²) in [6, 6.07) is 5.74. The molecule has 0 aliphatic heterocycles. The average molecular weight is 288 g/mol. The van der Waals surface area contributed by atoms with Gasteiger partial charge in [0.05, 0.1) is 17.7 Å². The number of Topliss-reactive ketones (excluding diaryl/α,β-unsaturated/α-hetero) is 1. The first-order chi connectivity index (χ1) is 9.55. The van der Waals surface area contributed by atoms with Crippen LogP contribution in [0.25, 0.3) is 16.2 Å². The van der Waals surface area contributed by atoms with Crippen LogP contribution < -0.4 is 4.74 Å². The quantitative estimate of drug-likeness (QED) is 0.624. The van der Waals surface area contributed by atoms with Crippen LogP contribution in [0.1, 0.15) is 28.1 Å². The molecule has 1 aromatic carbocycles. The maximum absolute atomic E-state index is 12.0. The summed E-state index contributed by atoms with van der Waals surface area (Å²) in [6.45, 7) is 7.14. The number of benzene rings is 1. The summed E-state index contributed by atoms with van der Waals surface area (Å²) in [5, 5.41) is 10.1. The molecule has 1 heterocycles. The van der Waals surface area contributed by atoms with Crippen LogP contribution in [0.2, 0.25) is 0 Å². The number of fused-ring (bicyclic) bond motifs is 1. The second kappa shape index (κ2) is 5.92. The number of carbonyl (C=O) groups excluding carboxylic acids is 1. The van der Waals surface area contributed by atoms with Crippen molar-refractivity contribution >= 4 is 33.3 Å². The van der Waals surface area contributed by atoms with Gasteiger partial charge in [-0.15, -0.1) is 11.3 Å². The number of allylic oxidation sites excluding steroid dienone is 1. The Balaban J connectivity index is 2.35. The van der Waals surface area contributed by atoms with Gasteiger partial charge in [0, 0.05) is 23.1 Å². The molecular formula is C16H16O3S. The molecule has 0 bridgehead atoms. The Morgan fingerprint density at radius 2 is 2.15 bits per heavy atom. The van der Waals surface area contributed by atoms with Crippen LogP contribution in [0, 0.1) is 0 Å². The van der Waals surface area contributed by atoms with Gasteiger partial charge in [-0.25, -0.2) is 0 Å². The highest BCUT2D eigenvalue weighted by atomic mass is 32.1. The number of thiophene rings is 1. The second-order valence-electron chi connectivity index (χ2n) is 4.44. The molecule has 0 aliphatic carbocycles. The molecule has 2 aromatic rings. The summed E-state index contributed by atoms with van der Waals surface area (Å²) in [7, 11) is 1.61. The van der Waals surface area contributed by atoms with Gasteiger partial charge in [-0.3, -0.25) is 4.79 Å². The number of ether oxygens (including phenoxy) is 1. The molecule has 20 heavy (non-hydrogen) atoms. The summed E-state index contributed by atoms with van der Waals surface area (Å²) in [5.41, 5.74) is 0.903. The van der Waals surface area contributed by atoms with E-state index in [0.717, 1.165) is 21.4 Å². The lowest BCUT2D eigenvalue weighted by atomic mass is 10.1. The van der Waals surface area contributed by atoms with Gasteiger partial charge in [0.25, 0.3) is 0 Å². The molecule has 0 saturated heterocycles. The molecule has 0 aliphatic rings. The fraction of sp³-hybridized carbons (Fsp3) is 0.188. The van der Waals surface area contributed by atoms with Crippen molar-refractivity contribution in [3.05, 3.63) is 47.6 Å². The summed E-state index contributed by atoms with van der Waals surface area (Å²) >= 11 is 1.43. The van der Waals surface area contributed by atoms with Crippen LogP contribution in [0.15, 0.2) is 37.1 Å². The summed E-state index contributed by atoms with van der Waals surface area (Å²) in [5.74, 6) is 0.799. The monoisotopic (exact) mass is 288 g/mol. The van der Waals surface area contributed by atoms with E-state index in [1.807, 2.05) is 18.2 Å². The summed E-state index contributed by atoms with van der Waals surface area (Å²) in [4.78, 5) is 12.7. The van der Waals surface area contributed by atoms with Gasteiger partial charge in [0.15, 0.2) is 5.78 Å². The third kappa shape index (κ3) is 2.91. The molecule has 0 spiro atoms. The number of hydrogen-bond acceptors (Lipinski definition) is 4. The largest absolute Gasteiger partial charge is 0.513 e. The third-order valence-corrected chi connectivity index (χ3v) is 4.14. The lowest BCUT2D eigenvalue weighted by Gasteiger charge is -2.04. The van der Waals surface area contributed by atoms with E-state index < -0.39 is 0 Å². The molecule has 2 rings (SSSR count). The van der Waals surface area contributed by atoms with Crippen LogP contribution in [-0.2, 0) is 0 Å². The molecule has 0 unspecified atom stereocenters. The standard InChI is InChI=1S/C16H16O3S/c1-4-11-7-12-8-16(13(18)6-5-10(2)17)20-15(12)9-14(11)19-3/h4,7-9,17H,1-2,5-6H2,3H3. The first-order valence-corrected chi connectivity index (χ1v) is 7.00. The summed E-state index contributed by atoms with van der Waals surface area (Å²) in [6.07, 6.45) is 2.30. The number of aliphatic hydroxyl groups is 1. The zero-order valence-corrected chi connectivity index (χ0v) is 12.1. The van der Waals surface area contributed by atoms with Crippen molar-refractivity contribution in [1.29, 1.82) is 0 Å². The Morgan fingerprint density at radius 3 is 2.75 bits per heavy atom. The Bertz CT molecular complexity index is 682. The highest BCUT2D eigenvalue weighted by Gasteiger charge is 2.12. The van der Waals surface area contributed by atoms with Crippen LogP contribution in [-0.4, -0.2) is 18.0 Å². The highest BCUT2D eigenvalue weighted by Crippen LogP contribution is 2.33. The van der Waals surface area contributed by atoms with E-state index in [1.165, 1.54) is 11.3 Å². The Hall–Kier alpha value is -2.07. The van der Waals surface area contributed by atoms with Gasteiger partial charge >= 0.3 is 0 Å². The number of hydrogen-bond donors (Lipinski definition) is 1. The molecule has 1 N–H and O–H groups in total. The van der Waals surface area contributed by atoms with Gasteiger partial charge in [0.1, 0.15) is 5.75 Å².